The third-order valence-corrected chi connectivity index (χ3v) is 20.1. The van der Waals surface area contributed by atoms with Crippen molar-refractivity contribution >= 4 is 194 Å². The van der Waals surface area contributed by atoms with E-state index in [2.05, 4.69) is 199 Å². The van der Waals surface area contributed by atoms with Crippen LogP contribution in [0.15, 0.2) is 197 Å². The predicted octanol–water partition coefficient (Wildman–Crippen LogP) is 15.8. The number of hydrogen-bond donors (Lipinski definition) is 0. The molecule has 0 atom stereocenters. The Labute approximate surface area is 451 Å². The van der Waals surface area contributed by atoms with Crippen LogP contribution in [-0.2, 0) is 0 Å². The fourth-order valence-electron chi connectivity index (χ4n) is 4.48. The smallest absolute Gasteiger partial charge is 0.343 e. The van der Waals surface area contributed by atoms with E-state index >= 15 is 0 Å². The quantitative estimate of drug-likeness (QED) is 0.0674. The van der Waals surface area contributed by atoms with Gasteiger partial charge in [-0.15, -0.1) is 0 Å². The van der Waals surface area contributed by atoms with Crippen LogP contribution in [0.5, 0.6) is 0 Å². The molecule has 0 radical (unpaired) electrons. The molecule has 60 heavy (non-hydrogen) atoms. The summed E-state index contributed by atoms with van der Waals surface area (Å²) in [7, 11) is -1.49. The van der Waals surface area contributed by atoms with Gasteiger partial charge >= 0.3 is 18.9 Å². The molecular formula is C47H41Br6Cl3ILiP2. The van der Waals surface area contributed by atoms with Crippen LogP contribution in [0.25, 0.3) is 0 Å². The summed E-state index contributed by atoms with van der Waals surface area (Å²) in [5.74, 6) is 0. The summed E-state index contributed by atoms with van der Waals surface area (Å²) in [6.45, 7) is 5.72. The van der Waals surface area contributed by atoms with Gasteiger partial charge in [0.1, 0.15) is 0 Å². The number of benzene rings is 7. The van der Waals surface area contributed by atoms with Crippen LogP contribution in [0.2, 0.25) is 10.0 Å². The molecule has 0 aliphatic heterocycles. The van der Waals surface area contributed by atoms with Gasteiger partial charge in [-0.2, -0.15) is 6.42 Å². The summed E-state index contributed by atoms with van der Waals surface area (Å²) in [4.78, 5) is 0. The van der Waals surface area contributed by atoms with Crippen molar-refractivity contribution in [2.45, 2.75) is 27.2 Å². The molecule has 0 nitrogen and oxygen atoms in total. The van der Waals surface area contributed by atoms with Crippen LogP contribution in [0, 0.1) is 10.5 Å². The molecule has 0 aliphatic carbocycles. The first-order chi connectivity index (χ1) is 27.9. The van der Waals surface area contributed by atoms with E-state index in [9.17, 15) is 0 Å². The average Bonchev–Trinajstić information content (AvgIpc) is 3.23. The molecule has 7 aromatic rings. The van der Waals surface area contributed by atoms with Crippen molar-refractivity contribution in [2.24, 2.45) is 0 Å². The zero-order valence-electron chi connectivity index (χ0n) is 32.0. The van der Waals surface area contributed by atoms with Gasteiger partial charge in [0.2, 0.25) is 0 Å². The van der Waals surface area contributed by atoms with Crippen molar-refractivity contribution in [2.75, 3.05) is 0 Å². The van der Waals surface area contributed by atoms with Gasteiger partial charge in [0.05, 0.1) is 7.27 Å². The van der Waals surface area contributed by atoms with Gasteiger partial charge in [0.15, 0.2) is 0 Å². The number of hydrogen-bond acceptors (Lipinski definition) is 0. The van der Waals surface area contributed by atoms with Crippen LogP contribution in [0.3, 0.4) is 0 Å². The Balaban J connectivity index is 0.000000414. The van der Waals surface area contributed by atoms with E-state index in [-0.39, 0.29) is 26.3 Å². The minimum Gasteiger partial charge on any atom is -0.343 e. The Bertz CT molecular complexity index is 2140. The zero-order chi connectivity index (χ0) is 42.5. The molecule has 7 aromatic carbocycles. The first-order valence-electron chi connectivity index (χ1n) is 17.5. The molecule has 7 rings (SSSR count). The molecule has 0 amide bonds. The van der Waals surface area contributed by atoms with E-state index < -0.39 is 15.2 Å². The third kappa shape index (κ3) is 20.8. The second-order valence-corrected chi connectivity index (χ2v) is 23.5. The van der Waals surface area contributed by atoms with Gasteiger partial charge in [-0.1, -0.05) is 232 Å². The van der Waals surface area contributed by atoms with E-state index in [0.29, 0.717) is 0 Å². The molecule has 0 fully saturated rings. The molecule has 0 heterocycles. The molecule has 0 aromatic heterocycles. The predicted molar refractivity (Wildman–Crippen MR) is 299 cm³/mol. The maximum atomic E-state index is 6.55. The summed E-state index contributed by atoms with van der Waals surface area (Å²) in [5.41, 5.74) is 0. The van der Waals surface area contributed by atoms with Gasteiger partial charge in [0.25, 0.3) is 0 Å². The molecule has 13 heteroatoms. The first kappa shape index (κ1) is 58.5. The molecule has 0 unspecified atom stereocenters. The molecule has 0 spiro atoms. The van der Waals surface area contributed by atoms with Gasteiger partial charge in [0, 0.05) is 51.1 Å². The largest absolute Gasteiger partial charge is 1.00 e. The van der Waals surface area contributed by atoms with E-state index in [0.717, 1.165) is 49.4 Å². The van der Waals surface area contributed by atoms with Crippen LogP contribution in [0.4, 0.5) is 0 Å². The van der Waals surface area contributed by atoms with Crippen molar-refractivity contribution in [1.82, 2.24) is 0 Å². The van der Waals surface area contributed by atoms with Crippen LogP contribution in [0.1, 0.15) is 27.2 Å². The summed E-state index contributed by atoms with van der Waals surface area (Å²) >= 11 is 41.6. The van der Waals surface area contributed by atoms with Crippen LogP contribution in [-0.4, -0.2) is 0 Å². The molecule has 0 bridgehead atoms. The summed E-state index contributed by atoms with van der Waals surface area (Å²) in [6, 6.07) is 56.7. The standard InChI is InChI=1S/C18H12Br2ClP.C12H8Br2ClP.C6H4BrCl.C6H4BrI.C4H9.CH4.Li/c19-15-5-1-3-7-17(15)22(14-11-9-13(21)10-12-14)18-8-4-2-6-16(18)20;13-9-5-1-3-7-11(9)16(15)12-8-4-2-6-10(12)14;7-5-1-3-6(8)4-2-5;7-5-3-1-2-4-6(5)8;1-3-4-2;;/h1-12H;1-8H;2*1-4H;1,3-4H2,2H3;1H4;/q;;;;-1;;+1. The molecule has 0 N–H and O–H groups in total. The Morgan fingerprint density at radius 2 is 0.783 bits per heavy atom. The van der Waals surface area contributed by atoms with Crippen molar-refractivity contribution in [1.29, 1.82) is 0 Å². The summed E-state index contributed by atoms with van der Waals surface area (Å²) in [6.07, 6.45) is 2.28. The van der Waals surface area contributed by atoms with Crippen LogP contribution >= 0.6 is 168 Å². The average molecular weight is 1390 g/mol. The molecular weight excluding hydrogens is 1350 g/mol. The van der Waals surface area contributed by atoms with Crippen molar-refractivity contribution in [3.05, 3.63) is 217 Å². The van der Waals surface area contributed by atoms with Crippen molar-refractivity contribution in [3.63, 3.8) is 0 Å². The molecule has 0 saturated carbocycles. The Hall–Kier alpha value is 0.477. The fourth-order valence-corrected chi connectivity index (χ4v) is 14.0. The Morgan fingerprint density at radius 3 is 1.07 bits per heavy atom. The number of unbranched alkanes of at least 4 members (excludes halogenated alkanes) is 1. The Kier molecular flexibility index (Phi) is 32.2. The Morgan fingerprint density at radius 1 is 0.483 bits per heavy atom. The molecule has 310 valence electrons. The third-order valence-electron chi connectivity index (χ3n) is 7.38. The number of halogens is 10. The van der Waals surface area contributed by atoms with Gasteiger partial charge in [-0.05, 0) is 135 Å². The van der Waals surface area contributed by atoms with Crippen molar-refractivity contribution < 1.29 is 18.9 Å². The molecule has 0 aliphatic rings. The van der Waals surface area contributed by atoms with Gasteiger partial charge in [-0.3, -0.25) is 0 Å². The topological polar surface area (TPSA) is 0 Å². The normalized spacial score (nSPS) is 9.83. The van der Waals surface area contributed by atoms with Crippen molar-refractivity contribution in [3.8, 4) is 0 Å². The van der Waals surface area contributed by atoms with E-state index in [1.165, 1.54) is 30.4 Å². The second kappa shape index (κ2) is 33.0. The maximum Gasteiger partial charge on any atom is 1.00 e. The first-order valence-corrected chi connectivity index (χ1v) is 27.7. The van der Waals surface area contributed by atoms with Gasteiger partial charge in [-0.25, -0.2) is 0 Å². The monoisotopic (exact) mass is 1380 g/mol. The minimum absolute atomic E-state index is 0. The van der Waals surface area contributed by atoms with Crippen LogP contribution < -0.4 is 45.4 Å². The van der Waals surface area contributed by atoms with Gasteiger partial charge < -0.3 is 6.92 Å². The zero-order valence-corrected chi connectivity index (χ0v) is 47.7. The van der Waals surface area contributed by atoms with E-state index in [1.807, 2.05) is 103 Å². The van der Waals surface area contributed by atoms with E-state index in [1.54, 1.807) is 0 Å². The minimum atomic E-state index is -0.834. The summed E-state index contributed by atoms with van der Waals surface area (Å²) in [5, 5.41) is 7.69. The fraction of sp³-hybridized carbons (Fsp3) is 0.0851. The molecule has 0 saturated heterocycles. The number of rotatable bonds is 6. The maximum absolute atomic E-state index is 6.55. The van der Waals surface area contributed by atoms with E-state index in [4.69, 9.17) is 34.4 Å². The summed E-state index contributed by atoms with van der Waals surface area (Å²) < 4.78 is 7.87. The second-order valence-electron chi connectivity index (χ2n) is 11.6. The SMILES string of the molecule is Brc1ccccc1I.C.ClP(c1ccccc1Br)c1ccccc1Br.Clc1ccc(Br)cc1.Clc1ccc(P(c2ccccc2Br)c2ccccc2Br)cc1.[CH2-]CCC.[Li+].